The van der Waals surface area contributed by atoms with E-state index in [9.17, 15) is 0 Å². The molecule has 4 N–H and O–H groups in total. The van der Waals surface area contributed by atoms with E-state index in [2.05, 4.69) is 28.9 Å². The Morgan fingerprint density at radius 2 is 1.67 bits per heavy atom. The molecular weight excluding hydrogens is 272 g/mol. The molecule has 0 unspecified atom stereocenters. The first-order valence-electron chi connectivity index (χ1n) is 4.48. The number of benzene rings is 1. The van der Waals surface area contributed by atoms with Crippen LogP contribution in [-0.4, -0.2) is 0 Å². The van der Waals surface area contributed by atoms with E-state index in [0.717, 1.165) is 9.35 Å². The lowest BCUT2D eigenvalue weighted by molar-refractivity contribution is 1.52. The topological polar surface area (TPSA) is 52.0 Å². The van der Waals surface area contributed by atoms with Crippen LogP contribution in [0, 0.1) is 6.92 Å². The monoisotopic (exact) mass is 282 g/mol. The Balaban J connectivity index is 2.53. The molecule has 2 nitrogen and oxygen atoms in total. The SMILES string of the molecule is Cc1cc(-c2cc(N)cc(N)c2)sc1Br. The fourth-order valence-electron chi connectivity index (χ4n) is 1.42. The minimum Gasteiger partial charge on any atom is -0.399 e. The van der Waals surface area contributed by atoms with E-state index in [1.165, 1.54) is 10.4 Å². The molecule has 1 aromatic carbocycles. The predicted molar refractivity (Wildman–Crippen MR) is 71.0 cm³/mol. The van der Waals surface area contributed by atoms with Gasteiger partial charge in [0.05, 0.1) is 3.79 Å². The molecule has 1 heterocycles. The molecule has 0 amide bonds. The number of rotatable bonds is 1. The first kappa shape index (κ1) is 10.5. The number of nitrogen functional groups attached to an aromatic ring is 2. The molecule has 78 valence electrons. The van der Waals surface area contributed by atoms with Gasteiger partial charge in [0.2, 0.25) is 0 Å². The van der Waals surface area contributed by atoms with E-state index < -0.39 is 0 Å². The van der Waals surface area contributed by atoms with E-state index in [1.54, 1.807) is 17.4 Å². The van der Waals surface area contributed by atoms with Crippen LogP contribution in [0.25, 0.3) is 10.4 Å². The highest BCUT2D eigenvalue weighted by molar-refractivity contribution is 9.11. The van der Waals surface area contributed by atoms with Crippen LogP contribution in [0.1, 0.15) is 5.56 Å². The molecule has 0 atom stereocenters. The van der Waals surface area contributed by atoms with Gasteiger partial charge in [0.1, 0.15) is 0 Å². The van der Waals surface area contributed by atoms with Crippen molar-refractivity contribution in [2.24, 2.45) is 0 Å². The van der Waals surface area contributed by atoms with Crippen LogP contribution in [0.5, 0.6) is 0 Å². The third-order valence-corrected chi connectivity index (χ3v) is 4.31. The lowest BCUT2D eigenvalue weighted by Crippen LogP contribution is -1.90. The van der Waals surface area contributed by atoms with Crippen LogP contribution < -0.4 is 11.5 Å². The largest absolute Gasteiger partial charge is 0.399 e. The smallest absolute Gasteiger partial charge is 0.0734 e. The Morgan fingerprint density at radius 1 is 1.07 bits per heavy atom. The highest BCUT2D eigenvalue weighted by Crippen LogP contribution is 2.36. The number of hydrogen-bond donors (Lipinski definition) is 2. The van der Waals surface area contributed by atoms with Crippen LogP contribution in [-0.2, 0) is 0 Å². The van der Waals surface area contributed by atoms with E-state index in [-0.39, 0.29) is 0 Å². The van der Waals surface area contributed by atoms with Gasteiger partial charge in [-0.05, 0) is 58.2 Å². The summed E-state index contributed by atoms with van der Waals surface area (Å²) in [5, 5.41) is 0. The van der Waals surface area contributed by atoms with Crippen molar-refractivity contribution in [3.05, 3.63) is 33.6 Å². The van der Waals surface area contributed by atoms with Crippen molar-refractivity contribution < 1.29 is 0 Å². The molecular formula is C11H11BrN2S. The maximum Gasteiger partial charge on any atom is 0.0734 e. The summed E-state index contributed by atoms with van der Waals surface area (Å²) >= 11 is 5.20. The fraction of sp³-hybridized carbons (Fsp3) is 0.0909. The normalized spacial score (nSPS) is 10.5. The zero-order valence-corrected chi connectivity index (χ0v) is 10.7. The fourth-order valence-corrected chi connectivity index (χ4v) is 2.94. The minimum atomic E-state index is 0.701. The lowest BCUT2D eigenvalue weighted by Gasteiger charge is -2.01. The molecule has 0 fully saturated rings. The number of aryl methyl sites for hydroxylation is 1. The molecule has 0 aliphatic rings. The Kier molecular flexibility index (Phi) is 2.71. The van der Waals surface area contributed by atoms with E-state index in [1.807, 2.05) is 12.1 Å². The van der Waals surface area contributed by atoms with Crippen molar-refractivity contribution in [1.29, 1.82) is 0 Å². The first-order chi connectivity index (χ1) is 7.06. The molecule has 0 saturated carbocycles. The van der Waals surface area contributed by atoms with Gasteiger partial charge >= 0.3 is 0 Å². The van der Waals surface area contributed by atoms with Crippen molar-refractivity contribution >= 4 is 38.6 Å². The summed E-state index contributed by atoms with van der Waals surface area (Å²) in [6.45, 7) is 2.07. The summed E-state index contributed by atoms with van der Waals surface area (Å²) in [5.74, 6) is 0. The van der Waals surface area contributed by atoms with Crippen molar-refractivity contribution in [2.75, 3.05) is 11.5 Å². The molecule has 0 aliphatic carbocycles. The zero-order valence-electron chi connectivity index (χ0n) is 8.25. The Morgan fingerprint density at radius 3 is 2.13 bits per heavy atom. The summed E-state index contributed by atoms with van der Waals surface area (Å²) in [7, 11) is 0. The average molecular weight is 283 g/mol. The lowest BCUT2D eigenvalue weighted by atomic mass is 10.1. The van der Waals surface area contributed by atoms with Crippen LogP contribution in [0.15, 0.2) is 28.1 Å². The molecule has 0 spiro atoms. The third-order valence-electron chi connectivity index (χ3n) is 2.12. The molecule has 1 aromatic heterocycles. The van der Waals surface area contributed by atoms with Gasteiger partial charge in [-0.3, -0.25) is 0 Å². The van der Waals surface area contributed by atoms with Gasteiger partial charge in [-0.15, -0.1) is 11.3 Å². The van der Waals surface area contributed by atoms with Gasteiger partial charge in [0, 0.05) is 16.3 Å². The highest BCUT2D eigenvalue weighted by atomic mass is 79.9. The van der Waals surface area contributed by atoms with Crippen LogP contribution in [0.3, 0.4) is 0 Å². The molecule has 2 rings (SSSR count). The number of nitrogens with two attached hydrogens (primary N) is 2. The quantitative estimate of drug-likeness (QED) is 0.785. The summed E-state index contributed by atoms with van der Waals surface area (Å²) in [6, 6.07) is 7.77. The maximum absolute atomic E-state index is 5.75. The summed E-state index contributed by atoms with van der Waals surface area (Å²) < 4.78 is 1.15. The van der Waals surface area contributed by atoms with Gasteiger partial charge in [-0.25, -0.2) is 0 Å². The van der Waals surface area contributed by atoms with Crippen LogP contribution in [0.2, 0.25) is 0 Å². The van der Waals surface area contributed by atoms with Gasteiger partial charge in [0.25, 0.3) is 0 Å². The molecule has 0 radical (unpaired) electrons. The van der Waals surface area contributed by atoms with Crippen molar-refractivity contribution in [3.8, 4) is 10.4 Å². The van der Waals surface area contributed by atoms with Crippen LogP contribution in [0.4, 0.5) is 11.4 Å². The third kappa shape index (κ3) is 2.16. The molecule has 0 bridgehead atoms. The minimum absolute atomic E-state index is 0.701. The maximum atomic E-state index is 5.75. The van der Waals surface area contributed by atoms with E-state index in [4.69, 9.17) is 11.5 Å². The highest BCUT2D eigenvalue weighted by Gasteiger charge is 2.06. The number of thiophene rings is 1. The zero-order chi connectivity index (χ0) is 11.0. The molecule has 0 saturated heterocycles. The second-order valence-corrected chi connectivity index (χ2v) is 5.83. The molecule has 15 heavy (non-hydrogen) atoms. The summed E-state index contributed by atoms with van der Waals surface area (Å²) in [4.78, 5) is 1.18. The molecule has 0 aliphatic heterocycles. The molecule has 2 aromatic rings. The van der Waals surface area contributed by atoms with Crippen molar-refractivity contribution in [2.45, 2.75) is 6.92 Å². The predicted octanol–water partition coefficient (Wildman–Crippen LogP) is 3.65. The molecule has 4 heteroatoms. The van der Waals surface area contributed by atoms with Crippen molar-refractivity contribution in [3.63, 3.8) is 0 Å². The number of halogens is 1. The Hall–Kier alpha value is -1.00. The Labute approximate surface area is 101 Å². The number of hydrogen-bond acceptors (Lipinski definition) is 3. The second kappa shape index (κ2) is 3.87. The first-order valence-corrected chi connectivity index (χ1v) is 6.09. The Bertz CT molecular complexity index is 466. The van der Waals surface area contributed by atoms with Gasteiger partial charge in [-0.2, -0.15) is 0 Å². The second-order valence-electron chi connectivity index (χ2n) is 3.46. The van der Waals surface area contributed by atoms with Crippen LogP contribution >= 0.6 is 27.3 Å². The van der Waals surface area contributed by atoms with Gasteiger partial charge < -0.3 is 11.5 Å². The standard InChI is InChI=1S/C11H11BrN2S/c1-6-2-10(15-11(6)12)7-3-8(13)5-9(14)4-7/h2-5H,13-14H2,1H3. The van der Waals surface area contributed by atoms with Crippen molar-refractivity contribution in [1.82, 2.24) is 0 Å². The summed E-state index contributed by atoms with van der Waals surface area (Å²) in [5.41, 5.74) is 15.2. The number of anilines is 2. The van der Waals surface area contributed by atoms with E-state index >= 15 is 0 Å². The van der Waals surface area contributed by atoms with E-state index in [0.29, 0.717) is 11.4 Å². The average Bonchev–Trinajstić information content (AvgIpc) is 2.45. The van der Waals surface area contributed by atoms with Gasteiger partial charge in [0.15, 0.2) is 0 Å². The van der Waals surface area contributed by atoms with Gasteiger partial charge in [-0.1, -0.05) is 0 Å². The summed E-state index contributed by atoms with van der Waals surface area (Å²) in [6.07, 6.45) is 0.